The van der Waals surface area contributed by atoms with E-state index in [4.69, 9.17) is 19.4 Å². The molecule has 58 heavy (non-hydrogen) atoms. The molecule has 0 N–H and O–H groups in total. The number of hydrogen-bond acceptors (Lipinski definition) is 4. The lowest BCUT2D eigenvalue weighted by Crippen LogP contribution is -2.26. The van der Waals surface area contributed by atoms with Crippen molar-refractivity contribution < 1.29 is 4.42 Å². The second kappa shape index (κ2) is 11.7. The maximum absolute atomic E-state index is 6.43. The Balaban J connectivity index is 0.958. The summed E-state index contributed by atoms with van der Waals surface area (Å²) in [6.07, 6.45) is 0. The maximum Gasteiger partial charge on any atom is 0.167 e. The Bertz CT molecular complexity index is 3450. The first-order valence-electron chi connectivity index (χ1n) is 19.8. The van der Waals surface area contributed by atoms with Crippen LogP contribution in [0.3, 0.4) is 0 Å². The molecule has 11 aromatic rings. The van der Waals surface area contributed by atoms with Gasteiger partial charge in [-0.25, -0.2) is 15.0 Å². The Kier molecular flexibility index (Phi) is 6.34. The number of para-hydroxylation sites is 2. The van der Waals surface area contributed by atoms with Gasteiger partial charge in [0.2, 0.25) is 0 Å². The molecule has 0 saturated heterocycles. The fourth-order valence-corrected chi connectivity index (χ4v) is 10.0. The van der Waals surface area contributed by atoms with Crippen molar-refractivity contribution in [3.8, 4) is 56.4 Å². The monoisotopic (exact) mass is 737 g/mol. The highest BCUT2D eigenvalue weighted by Gasteiger charge is 2.50. The van der Waals surface area contributed by atoms with Gasteiger partial charge in [-0.1, -0.05) is 170 Å². The van der Waals surface area contributed by atoms with Crippen LogP contribution in [0.15, 0.2) is 192 Å². The molecule has 0 radical (unpaired) electrons. The van der Waals surface area contributed by atoms with Crippen molar-refractivity contribution in [1.29, 1.82) is 0 Å². The average Bonchev–Trinajstić information content (AvgIpc) is 3.93. The van der Waals surface area contributed by atoms with Crippen molar-refractivity contribution in [1.82, 2.24) is 15.0 Å². The van der Waals surface area contributed by atoms with Crippen LogP contribution in [0.4, 0.5) is 0 Å². The lowest BCUT2D eigenvalue weighted by atomic mass is 9.70. The molecule has 0 saturated carbocycles. The van der Waals surface area contributed by atoms with Crippen molar-refractivity contribution >= 4 is 43.5 Å². The van der Waals surface area contributed by atoms with E-state index < -0.39 is 5.41 Å². The SMILES string of the molecule is c1ccc(-c2nc(-c3ccc(-c4ccc5c(c4)C4(c6ccccc6-5)c5cccc6ccc7cccc4c7c56)cc3)nc(-c3cccc4c3oc3ccccc34)n2)cc1. The highest BCUT2D eigenvalue weighted by atomic mass is 16.3. The second-order valence-electron chi connectivity index (χ2n) is 15.5. The highest BCUT2D eigenvalue weighted by molar-refractivity contribution is 6.17. The largest absolute Gasteiger partial charge is 0.455 e. The molecule has 0 bridgehead atoms. The molecule has 13 rings (SSSR count). The molecule has 0 unspecified atom stereocenters. The molecule has 2 aromatic heterocycles. The maximum atomic E-state index is 6.43. The Morgan fingerprint density at radius 3 is 1.67 bits per heavy atom. The second-order valence-corrected chi connectivity index (χ2v) is 15.5. The van der Waals surface area contributed by atoms with Gasteiger partial charge < -0.3 is 4.42 Å². The van der Waals surface area contributed by atoms with Crippen LogP contribution in [-0.4, -0.2) is 15.0 Å². The van der Waals surface area contributed by atoms with Crippen molar-refractivity contribution in [2.75, 3.05) is 0 Å². The van der Waals surface area contributed by atoms with Gasteiger partial charge in [-0.2, -0.15) is 0 Å². The van der Waals surface area contributed by atoms with Crippen LogP contribution in [-0.2, 0) is 5.41 Å². The Hall–Kier alpha value is -7.69. The summed E-state index contributed by atoms with van der Waals surface area (Å²) in [7, 11) is 0. The van der Waals surface area contributed by atoms with Crippen molar-refractivity contribution in [3.05, 3.63) is 210 Å². The first-order valence-corrected chi connectivity index (χ1v) is 19.8. The molecule has 0 aliphatic heterocycles. The normalized spacial score (nSPS) is 13.3. The molecule has 4 nitrogen and oxygen atoms in total. The lowest BCUT2D eigenvalue weighted by molar-refractivity contribution is 0.669. The minimum absolute atomic E-state index is 0.400. The van der Waals surface area contributed by atoms with Crippen LogP contribution < -0.4 is 0 Å². The zero-order chi connectivity index (χ0) is 38.0. The summed E-state index contributed by atoms with van der Waals surface area (Å²) in [5.74, 6) is 1.80. The predicted octanol–water partition coefficient (Wildman–Crippen LogP) is 13.4. The smallest absolute Gasteiger partial charge is 0.167 e. The third kappa shape index (κ3) is 4.21. The standard InChI is InChI=1S/C54H31N3O/c1-2-11-35(12-3-1)51-55-52(57-53(56-51)42-18-10-17-41-40-16-5-7-22-47(40)58-50(41)42)36-27-23-32(24-28-36)37-29-30-39-38-15-4-6-19-43(38)54(46(39)31-37)44-20-8-13-33-25-26-34-14-9-21-45(54)49(34)48(33)44/h1-31H. The molecule has 268 valence electrons. The minimum atomic E-state index is -0.400. The lowest BCUT2D eigenvalue weighted by Gasteiger charge is -2.31. The van der Waals surface area contributed by atoms with E-state index in [1.54, 1.807) is 0 Å². The Labute approximate surface area is 333 Å². The van der Waals surface area contributed by atoms with Crippen molar-refractivity contribution in [2.45, 2.75) is 5.41 Å². The molecular weight excluding hydrogens is 707 g/mol. The minimum Gasteiger partial charge on any atom is -0.455 e. The van der Waals surface area contributed by atoms with E-state index >= 15 is 0 Å². The van der Waals surface area contributed by atoms with Crippen LogP contribution in [0.5, 0.6) is 0 Å². The molecule has 2 aliphatic rings. The van der Waals surface area contributed by atoms with Crippen LogP contribution in [0.2, 0.25) is 0 Å². The molecular formula is C54H31N3O. The van der Waals surface area contributed by atoms with E-state index in [0.717, 1.165) is 44.2 Å². The van der Waals surface area contributed by atoms with E-state index in [9.17, 15) is 0 Å². The molecule has 9 aromatic carbocycles. The van der Waals surface area contributed by atoms with Crippen LogP contribution in [0.25, 0.3) is 99.9 Å². The zero-order valence-corrected chi connectivity index (χ0v) is 31.1. The van der Waals surface area contributed by atoms with Gasteiger partial charge in [0.25, 0.3) is 0 Å². The van der Waals surface area contributed by atoms with Crippen LogP contribution >= 0.6 is 0 Å². The van der Waals surface area contributed by atoms with Gasteiger partial charge >= 0.3 is 0 Å². The first kappa shape index (κ1) is 31.5. The number of benzene rings is 9. The van der Waals surface area contributed by atoms with Gasteiger partial charge in [0.15, 0.2) is 17.5 Å². The van der Waals surface area contributed by atoms with E-state index in [0.29, 0.717) is 17.5 Å². The fourth-order valence-electron chi connectivity index (χ4n) is 10.0. The topological polar surface area (TPSA) is 51.8 Å². The third-order valence-corrected chi connectivity index (χ3v) is 12.5. The van der Waals surface area contributed by atoms with E-state index in [1.165, 1.54) is 60.5 Å². The van der Waals surface area contributed by atoms with Gasteiger partial charge in [-0.05, 0) is 84.3 Å². The fraction of sp³-hybridized carbons (Fsp3) is 0.0185. The van der Waals surface area contributed by atoms with Crippen LogP contribution in [0, 0.1) is 0 Å². The summed E-state index contributed by atoms with van der Waals surface area (Å²) in [6, 6.07) is 67.4. The van der Waals surface area contributed by atoms with Gasteiger partial charge in [-0.15, -0.1) is 0 Å². The summed E-state index contributed by atoms with van der Waals surface area (Å²) >= 11 is 0. The summed E-state index contributed by atoms with van der Waals surface area (Å²) < 4.78 is 6.43. The number of hydrogen-bond donors (Lipinski definition) is 0. The van der Waals surface area contributed by atoms with E-state index in [1.807, 2.05) is 60.7 Å². The molecule has 2 heterocycles. The zero-order valence-electron chi connectivity index (χ0n) is 31.1. The first-order chi connectivity index (χ1) is 28.7. The van der Waals surface area contributed by atoms with Gasteiger partial charge in [0, 0.05) is 21.9 Å². The Morgan fingerprint density at radius 1 is 0.345 bits per heavy atom. The van der Waals surface area contributed by atoms with E-state index in [-0.39, 0.29) is 0 Å². The highest BCUT2D eigenvalue weighted by Crippen LogP contribution is 2.62. The predicted molar refractivity (Wildman–Crippen MR) is 235 cm³/mol. The number of furan rings is 1. The van der Waals surface area contributed by atoms with Gasteiger partial charge in [0.1, 0.15) is 11.2 Å². The summed E-state index contributed by atoms with van der Waals surface area (Å²) in [5, 5.41) is 7.43. The molecule has 4 heteroatoms. The van der Waals surface area contributed by atoms with Crippen LogP contribution in [0.1, 0.15) is 22.3 Å². The number of nitrogens with zero attached hydrogens (tertiary/aromatic N) is 3. The summed E-state index contributed by atoms with van der Waals surface area (Å²) in [5.41, 5.74) is 14.2. The third-order valence-electron chi connectivity index (χ3n) is 12.5. The number of aromatic nitrogens is 3. The Morgan fingerprint density at radius 2 is 0.897 bits per heavy atom. The average molecular weight is 738 g/mol. The van der Waals surface area contributed by atoms with E-state index in [2.05, 4.69) is 127 Å². The molecule has 0 fully saturated rings. The van der Waals surface area contributed by atoms with Crippen molar-refractivity contribution in [3.63, 3.8) is 0 Å². The molecule has 0 atom stereocenters. The van der Waals surface area contributed by atoms with Crippen molar-refractivity contribution in [2.24, 2.45) is 0 Å². The van der Waals surface area contributed by atoms with Gasteiger partial charge in [0.05, 0.1) is 11.0 Å². The molecule has 0 amide bonds. The summed E-state index contributed by atoms with van der Waals surface area (Å²) in [4.78, 5) is 15.2. The summed E-state index contributed by atoms with van der Waals surface area (Å²) in [6.45, 7) is 0. The quantitative estimate of drug-likeness (QED) is 0.169. The molecule has 2 aliphatic carbocycles. The van der Waals surface area contributed by atoms with Gasteiger partial charge in [-0.3, -0.25) is 0 Å². The number of rotatable bonds is 4. The number of fused-ring (bicyclic) bond motifs is 10. The molecule has 1 spiro atoms.